The first-order chi connectivity index (χ1) is 17.5. The molecular weight excluding hydrogens is 523 g/mol. The van der Waals surface area contributed by atoms with Gasteiger partial charge in [0.25, 0.3) is 0 Å². The van der Waals surface area contributed by atoms with Gasteiger partial charge in [-0.3, -0.25) is 4.79 Å². The lowest BCUT2D eigenvalue weighted by atomic mass is 10.2. The number of anilines is 3. The van der Waals surface area contributed by atoms with Crippen LogP contribution in [0.3, 0.4) is 0 Å². The second-order valence-corrected chi connectivity index (χ2v) is 9.54. The fourth-order valence-corrected chi connectivity index (χ4v) is 4.50. The third-order valence-corrected chi connectivity index (χ3v) is 6.70. The van der Waals surface area contributed by atoms with Gasteiger partial charge >= 0.3 is 0 Å². The fourth-order valence-electron chi connectivity index (χ4n) is 3.44. The molecule has 2 heterocycles. The quantitative estimate of drug-likeness (QED) is 0.254. The van der Waals surface area contributed by atoms with Gasteiger partial charge in [-0.05, 0) is 42.5 Å². The van der Waals surface area contributed by atoms with E-state index in [-0.39, 0.29) is 12.3 Å². The van der Waals surface area contributed by atoms with E-state index >= 15 is 0 Å². The zero-order valence-corrected chi connectivity index (χ0v) is 21.1. The predicted octanol–water partition coefficient (Wildman–Crippen LogP) is 6.75. The molecule has 0 radical (unpaired) electrons. The largest absolute Gasteiger partial charge is 0.457 e. The Morgan fingerprint density at radius 3 is 2.53 bits per heavy atom. The average molecular weight is 543 g/mol. The van der Waals surface area contributed by atoms with Crippen molar-refractivity contribution in [2.75, 3.05) is 23.8 Å². The van der Waals surface area contributed by atoms with Crippen molar-refractivity contribution in [1.29, 1.82) is 0 Å². The van der Waals surface area contributed by atoms with E-state index in [9.17, 15) is 4.79 Å². The van der Waals surface area contributed by atoms with Gasteiger partial charge in [-0.25, -0.2) is 0 Å². The zero-order valence-electron chi connectivity index (χ0n) is 18.7. The first-order valence-corrected chi connectivity index (χ1v) is 12.6. The van der Waals surface area contributed by atoms with Crippen molar-refractivity contribution in [3.8, 4) is 22.1 Å². The molecule has 4 aromatic rings. The van der Waals surface area contributed by atoms with Gasteiger partial charge in [0.15, 0.2) is 6.29 Å². The maximum Gasteiger partial charge on any atom is 0.229 e. The second-order valence-electron chi connectivity index (χ2n) is 7.75. The minimum Gasteiger partial charge on any atom is -0.457 e. The fraction of sp³-hybridized carbons (Fsp3) is 0.160. The highest BCUT2D eigenvalue weighted by molar-refractivity contribution is 7.18. The van der Waals surface area contributed by atoms with Crippen molar-refractivity contribution in [3.63, 3.8) is 0 Å². The van der Waals surface area contributed by atoms with Crippen LogP contribution in [0.5, 0.6) is 11.5 Å². The standard InChI is InChI=1S/C25H20Cl2N4O4S/c26-20-8-7-17(13-21(20)27)29-25-31-30-24(36-25)15-3-1-5-18(11-15)35-19-6-2-4-16(12-19)28-22(32)14-23-33-9-10-34-23/h1-8,11-13,23H,9-10,14H2,(H,28,32)(H,29,31). The van der Waals surface area contributed by atoms with Crippen LogP contribution in [0.15, 0.2) is 66.7 Å². The molecule has 5 rings (SSSR count). The van der Waals surface area contributed by atoms with Crippen molar-refractivity contribution in [2.24, 2.45) is 0 Å². The summed E-state index contributed by atoms with van der Waals surface area (Å²) in [6, 6.07) is 20.0. The van der Waals surface area contributed by atoms with Gasteiger partial charge in [0.2, 0.25) is 11.0 Å². The average Bonchev–Trinajstić information content (AvgIpc) is 3.54. The van der Waals surface area contributed by atoms with Crippen LogP contribution < -0.4 is 15.4 Å². The van der Waals surface area contributed by atoms with Crippen LogP contribution in [-0.4, -0.2) is 35.6 Å². The van der Waals surface area contributed by atoms with E-state index in [2.05, 4.69) is 20.8 Å². The van der Waals surface area contributed by atoms with Crippen molar-refractivity contribution < 1.29 is 19.0 Å². The molecule has 0 saturated carbocycles. The molecule has 3 aromatic carbocycles. The number of ether oxygens (including phenoxy) is 3. The summed E-state index contributed by atoms with van der Waals surface area (Å²) in [5, 5.41) is 16.8. The first kappa shape index (κ1) is 24.5. The molecule has 0 atom stereocenters. The summed E-state index contributed by atoms with van der Waals surface area (Å²) in [6.07, 6.45) is -0.358. The Labute approximate surface area is 221 Å². The Kier molecular flexibility index (Phi) is 7.64. The molecule has 1 amide bonds. The Morgan fingerprint density at radius 1 is 0.944 bits per heavy atom. The number of nitrogens with zero attached hydrogens (tertiary/aromatic N) is 2. The minimum atomic E-state index is -0.493. The molecule has 184 valence electrons. The van der Waals surface area contributed by atoms with Gasteiger partial charge in [-0.2, -0.15) is 0 Å². The van der Waals surface area contributed by atoms with E-state index < -0.39 is 6.29 Å². The number of amides is 1. The molecule has 11 heteroatoms. The first-order valence-electron chi connectivity index (χ1n) is 11.0. The molecule has 1 aromatic heterocycles. The molecular formula is C25H20Cl2N4O4S. The van der Waals surface area contributed by atoms with Gasteiger partial charge in [0, 0.05) is 23.0 Å². The highest BCUT2D eigenvalue weighted by Crippen LogP contribution is 2.33. The third kappa shape index (κ3) is 6.31. The van der Waals surface area contributed by atoms with Crippen LogP contribution in [0.25, 0.3) is 10.6 Å². The van der Waals surface area contributed by atoms with Gasteiger partial charge in [-0.15, -0.1) is 10.2 Å². The summed E-state index contributed by atoms with van der Waals surface area (Å²) in [5.74, 6) is 1.01. The maximum absolute atomic E-state index is 12.2. The SMILES string of the molecule is O=C(CC1OCCO1)Nc1cccc(Oc2cccc(-c3nnc(Nc4ccc(Cl)c(Cl)c4)s3)c2)c1. The lowest BCUT2D eigenvalue weighted by molar-refractivity contribution is -0.124. The van der Waals surface area contributed by atoms with E-state index in [1.54, 1.807) is 24.3 Å². The Bertz CT molecular complexity index is 1380. The topological polar surface area (TPSA) is 94.6 Å². The van der Waals surface area contributed by atoms with Crippen LogP contribution in [0.4, 0.5) is 16.5 Å². The number of carbonyl (C=O) groups excluding carboxylic acids is 1. The number of hydrogen-bond acceptors (Lipinski definition) is 8. The van der Waals surface area contributed by atoms with Crippen molar-refractivity contribution >= 4 is 57.0 Å². The molecule has 0 aliphatic carbocycles. The normalized spacial score (nSPS) is 13.5. The molecule has 36 heavy (non-hydrogen) atoms. The highest BCUT2D eigenvalue weighted by Gasteiger charge is 2.19. The number of benzene rings is 3. The lowest BCUT2D eigenvalue weighted by Gasteiger charge is -2.11. The number of aromatic nitrogens is 2. The Hall–Kier alpha value is -3.21. The van der Waals surface area contributed by atoms with Gasteiger partial charge in [-0.1, -0.05) is 52.7 Å². The summed E-state index contributed by atoms with van der Waals surface area (Å²) in [4.78, 5) is 12.2. The number of hydrogen-bond donors (Lipinski definition) is 2. The van der Waals surface area contributed by atoms with Crippen LogP contribution in [0.1, 0.15) is 6.42 Å². The van der Waals surface area contributed by atoms with E-state index in [1.807, 2.05) is 42.5 Å². The molecule has 0 spiro atoms. The zero-order chi connectivity index (χ0) is 24.9. The lowest BCUT2D eigenvalue weighted by Crippen LogP contribution is -2.20. The third-order valence-electron chi connectivity index (χ3n) is 5.07. The van der Waals surface area contributed by atoms with E-state index in [4.69, 9.17) is 37.4 Å². The van der Waals surface area contributed by atoms with E-state index in [0.717, 1.165) is 16.3 Å². The molecule has 0 unspecified atom stereocenters. The smallest absolute Gasteiger partial charge is 0.229 e. The monoisotopic (exact) mass is 542 g/mol. The molecule has 1 saturated heterocycles. The minimum absolute atomic E-state index is 0.136. The van der Waals surface area contributed by atoms with Crippen LogP contribution in [0, 0.1) is 0 Å². The van der Waals surface area contributed by atoms with Gasteiger partial charge in [0.1, 0.15) is 16.5 Å². The van der Waals surface area contributed by atoms with Crippen molar-refractivity contribution in [2.45, 2.75) is 12.7 Å². The molecule has 8 nitrogen and oxygen atoms in total. The number of halogens is 2. The molecule has 1 aliphatic heterocycles. The molecule has 0 bridgehead atoms. The highest BCUT2D eigenvalue weighted by atomic mass is 35.5. The van der Waals surface area contributed by atoms with Crippen molar-refractivity contribution in [3.05, 3.63) is 76.8 Å². The number of rotatable bonds is 8. The summed E-state index contributed by atoms with van der Waals surface area (Å²) in [6.45, 7) is 1.01. The van der Waals surface area contributed by atoms with Gasteiger partial charge < -0.3 is 24.8 Å². The predicted molar refractivity (Wildman–Crippen MR) is 141 cm³/mol. The number of carbonyl (C=O) groups is 1. The maximum atomic E-state index is 12.2. The van der Waals surface area contributed by atoms with Crippen molar-refractivity contribution in [1.82, 2.24) is 10.2 Å². The molecule has 2 N–H and O–H groups in total. The molecule has 1 aliphatic rings. The van der Waals surface area contributed by atoms with Crippen LogP contribution in [-0.2, 0) is 14.3 Å². The number of nitrogens with one attached hydrogen (secondary N) is 2. The Morgan fingerprint density at radius 2 is 1.72 bits per heavy atom. The summed E-state index contributed by atoms with van der Waals surface area (Å²) >= 11 is 13.5. The van der Waals surface area contributed by atoms with E-state index in [0.29, 0.717) is 45.6 Å². The van der Waals surface area contributed by atoms with Crippen LogP contribution in [0.2, 0.25) is 10.0 Å². The second kappa shape index (κ2) is 11.2. The Balaban J connectivity index is 1.24. The molecule has 1 fully saturated rings. The summed E-state index contributed by atoms with van der Waals surface area (Å²) in [5.41, 5.74) is 2.24. The van der Waals surface area contributed by atoms with Gasteiger partial charge in [0.05, 0.1) is 29.7 Å². The van der Waals surface area contributed by atoms with E-state index in [1.165, 1.54) is 11.3 Å². The van der Waals surface area contributed by atoms with Crippen LogP contribution >= 0.6 is 34.5 Å². The summed E-state index contributed by atoms with van der Waals surface area (Å²) < 4.78 is 16.7. The summed E-state index contributed by atoms with van der Waals surface area (Å²) in [7, 11) is 0.